The van der Waals surface area contributed by atoms with Gasteiger partial charge in [-0.1, -0.05) is 12.1 Å². The van der Waals surface area contributed by atoms with E-state index in [1.807, 2.05) is 4.90 Å². The predicted molar refractivity (Wildman–Crippen MR) is 94.2 cm³/mol. The van der Waals surface area contributed by atoms with E-state index >= 15 is 0 Å². The normalized spacial score (nSPS) is 16.6. The summed E-state index contributed by atoms with van der Waals surface area (Å²) in [4.78, 5) is 18.2. The first-order valence-corrected chi connectivity index (χ1v) is 8.53. The number of aliphatic hydroxyl groups is 1. The molecule has 1 atom stereocenters. The molecule has 132 valence electrons. The Hall–Kier alpha value is -2.44. The lowest BCUT2D eigenvalue weighted by Gasteiger charge is -2.33. The first kappa shape index (κ1) is 17.4. The second-order valence-corrected chi connectivity index (χ2v) is 6.32. The minimum absolute atomic E-state index is 0.0238. The van der Waals surface area contributed by atoms with E-state index in [0.29, 0.717) is 25.2 Å². The molecule has 0 saturated carbocycles. The van der Waals surface area contributed by atoms with Gasteiger partial charge in [0.1, 0.15) is 5.75 Å². The van der Waals surface area contributed by atoms with E-state index in [1.54, 1.807) is 48.8 Å². The Kier molecular flexibility index (Phi) is 5.63. The first-order chi connectivity index (χ1) is 12.1. The zero-order chi connectivity index (χ0) is 17.6. The minimum Gasteiger partial charge on any atom is -0.508 e. The van der Waals surface area contributed by atoms with Crippen LogP contribution in [-0.2, 0) is 0 Å². The van der Waals surface area contributed by atoms with E-state index in [-0.39, 0.29) is 17.7 Å². The molecular formula is C19H23N3O3. The molecule has 0 radical (unpaired) electrons. The number of nitrogens with one attached hydrogen (secondary N) is 1. The second kappa shape index (κ2) is 8.09. The monoisotopic (exact) mass is 341 g/mol. The van der Waals surface area contributed by atoms with Gasteiger partial charge < -0.3 is 20.4 Å². The number of piperidine rings is 1. The molecule has 2 heterocycles. The molecule has 1 aliphatic heterocycles. The third-order valence-corrected chi connectivity index (χ3v) is 4.57. The maximum Gasteiger partial charge on any atom is 0.255 e. The van der Waals surface area contributed by atoms with Crippen molar-refractivity contribution >= 4 is 5.91 Å². The summed E-state index contributed by atoms with van der Waals surface area (Å²) in [5.74, 6) is 0.213. The number of nitrogens with zero attached hydrogens (tertiary/aromatic N) is 2. The Morgan fingerprint density at radius 3 is 2.60 bits per heavy atom. The van der Waals surface area contributed by atoms with Crippen LogP contribution >= 0.6 is 0 Å². The molecule has 1 aliphatic rings. The van der Waals surface area contributed by atoms with Gasteiger partial charge >= 0.3 is 0 Å². The summed E-state index contributed by atoms with van der Waals surface area (Å²) in [6.45, 7) is 1.84. The molecule has 3 N–H and O–H groups in total. The van der Waals surface area contributed by atoms with E-state index < -0.39 is 6.10 Å². The molecule has 3 rings (SSSR count). The van der Waals surface area contributed by atoms with E-state index in [0.717, 1.165) is 18.4 Å². The van der Waals surface area contributed by atoms with Crippen molar-refractivity contribution in [1.82, 2.24) is 15.2 Å². The van der Waals surface area contributed by atoms with Gasteiger partial charge in [0.2, 0.25) is 0 Å². The smallest absolute Gasteiger partial charge is 0.255 e. The van der Waals surface area contributed by atoms with Crippen molar-refractivity contribution in [2.45, 2.75) is 25.0 Å². The highest BCUT2D eigenvalue weighted by Crippen LogP contribution is 2.18. The van der Waals surface area contributed by atoms with Crippen molar-refractivity contribution in [3.05, 3.63) is 59.9 Å². The lowest BCUT2D eigenvalue weighted by Crippen LogP contribution is -2.45. The Labute approximate surface area is 147 Å². The molecule has 6 heteroatoms. The molecule has 1 unspecified atom stereocenters. The van der Waals surface area contributed by atoms with Crippen LogP contribution in [0.4, 0.5) is 0 Å². The van der Waals surface area contributed by atoms with E-state index in [4.69, 9.17) is 0 Å². The number of benzene rings is 1. The number of amides is 1. The van der Waals surface area contributed by atoms with Crippen molar-refractivity contribution in [3.8, 4) is 5.75 Å². The van der Waals surface area contributed by atoms with Crippen molar-refractivity contribution in [2.75, 3.05) is 19.6 Å². The van der Waals surface area contributed by atoms with Crippen LogP contribution in [0.3, 0.4) is 0 Å². The molecule has 1 fully saturated rings. The lowest BCUT2D eigenvalue weighted by atomic mass is 10.0. The Balaban J connectivity index is 1.45. The van der Waals surface area contributed by atoms with Crippen molar-refractivity contribution in [2.24, 2.45) is 0 Å². The van der Waals surface area contributed by atoms with Gasteiger partial charge in [-0.05, 0) is 42.7 Å². The number of phenolic OH excluding ortho intramolecular Hbond substituents is 1. The number of aromatic hydroxyl groups is 1. The van der Waals surface area contributed by atoms with Crippen LogP contribution in [0, 0.1) is 0 Å². The number of carbonyl (C=O) groups excluding carboxylic acids is 1. The number of phenols is 1. The number of aliphatic hydroxyl groups excluding tert-OH is 1. The van der Waals surface area contributed by atoms with Gasteiger partial charge in [0.15, 0.2) is 0 Å². The summed E-state index contributed by atoms with van der Waals surface area (Å²) in [5.41, 5.74) is 1.39. The largest absolute Gasteiger partial charge is 0.508 e. The highest BCUT2D eigenvalue weighted by Gasteiger charge is 2.24. The number of hydrogen-bond donors (Lipinski definition) is 3. The Bertz CT molecular complexity index is 683. The molecule has 1 amide bonds. The summed E-state index contributed by atoms with van der Waals surface area (Å²) in [6, 6.07) is 10.4. The van der Waals surface area contributed by atoms with Crippen molar-refractivity contribution in [3.63, 3.8) is 0 Å². The molecular weight excluding hydrogens is 318 g/mol. The van der Waals surface area contributed by atoms with Crippen LogP contribution in [0.25, 0.3) is 0 Å². The first-order valence-electron chi connectivity index (χ1n) is 8.53. The molecule has 25 heavy (non-hydrogen) atoms. The molecule has 1 aromatic heterocycles. The fraction of sp³-hybridized carbons (Fsp3) is 0.368. The molecule has 1 aromatic carbocycles. The van der Waals surface area contributed by atoms with Crippen molar-refractivity contribution in [1.29, 1.82) is 0 Å². The molecule has 2 aromatic rings. The maximum absolute atomic E-state index is 12.4. The highest BCUT2D eigenvalue weighted by atomic mass is 16.3. The summed E-state index contributed by atoms with van der Waals surface area (Å²) in [7, 11) is 0. The number of likely N-dealkylation sites (tertiary alicyclic amines) is 1. The van der Waals surface area contributed by atoms with Gasteiger partial charge in [-0.25, -0.2) is 0 Å². The quantitative estimate of drug-likeness (QED) is 0.771. The third-order valence-electron chi connectivity index (χ3n) is 4.57. The van der Waals surface area contributed by atoms with Crippen LogP contribution in [-0.4, -0.2) is 51.7 Å². The van der Waals surface area contributed by atoms with Crippen LogP contribution in [0.15, 0.2) is 48.8 Å². The molecule has 0 aliphatic carbocycles. The van der Waals surface area contributed by atoms with E-state index in [1.165, 1.54) is 0 Å². The topological polar surface area (TPSA) is 85.7 Å². The van der Waals surface area contributed by atoms with Gasteiger partial charge in [0.05, 0.1) is 11.7 Å². The standard InChI is InChI=1S/C19H23N3O3/c23-17-5-3-14(4-6-17)18(24)13-21-16-7-10-22(11-8-16)19(25)15-2-1-9-20-12-15/h1-6,9,12,16,18,21,23-24H,7-8,10-11,13H2. The Morgan fingerprint density at radius 2 is 1.96 bits per heavy atom. The maximum atomic E-state index is 12.4. The summed E-state index contributed by atoms with van der Waals surface area (Å²) in [6.07, 6.45) is 4.35. The number of rotatable bonds is 5. The molecule has 6 nitrogen and oxygen atoms in total. The van der Waals surface area contributed by atoms with Crippen LogP contribution in [0.1, 0.15) is 34.9 Å². The van der Waals surface area contributed by atoms with E-state index in [9.17, 15) is 15.0 Å². The summed E-state index contributed by atoms with van der Waals surface area (Å²) < 4.78 is 0. The third kappa shape index (κ3) is 4.55. The Morgan fingerprint density at radius 1 is 1.24 bits per heavy atom. The highest BCUT2D eigenvalue weighted by molar-refractivity contribution is 5.93. The SMILES string of the molecule is O=C(c1cccnc1)N1CCC(NCC(O)c2ccc(O)cc2)CC1. The lowest BCUT2D eigenvalue weighted by molar-refractivity contribution is 0.0697. The zero-order valence-electron chi connectivity index (χ0n) is 14.0. The molecule has 0 spiro atoms. The van der Waals surface area contributed by atoms with Gasteiger partial charge in [0, 0.05) is 38.1 Å². The number of carbonyl (C=O) groups is 1. The second-order valence-electron chi connectivity index (χ2n) is 6.32. The number of pyridine rings is 1. The average Bonchev–Trinajstić information content (AvgIpc) is 2.67. The molecule has 0 bridgehead atoms. The van der Waals surface area contributed by atoms with Gasteiger partial charge in [0.25, 0.3) is 5.91 Å². The predicted octanol–water partition coefficient (Wildman–Crippen LogP) is 1.71. The fourth-order valence-electron chi connectivity index (χ4n) is 3.05. The van der Waals surface area contributed by atoms with Gasteiger partial charge in [-0.15, -0.1) is 0 Å². The zero-order valence-corrected chi connectivity index (χ0v) is 14.0. The van der Waals surface area contributed by atoms with E-state index in [2.05, 4.69) is 10.3 Å². The summed E-state index contributed by atoms with van der Waals surface area (Å²) in [5, 5.41) is 22.9. The van der Waals surface area contributed by atoms with Crippen LogP contribution in [0.5, 0.6) is 5.75 Å². The summed E-state index contributed by atoms with van der Waals surface area (Å²) >= 11 is 0. The van der Waals surface area contributed by atoms with Crippen LogP contribution < -0.4 is 5.32 Å². The minimum atomic E-state index is -0.615. The van der Waals surface area contributed by atoms with Crippen LogP contribution in [0.2, 0.25) is 0 Å². The average molecular weight is 341 g/mol. The molecule has 1 saturated heterocycles. The number of hydrogen-bond acceptors (Lipinski definition) is 5. The van der Waals surface area contributed by atoms with Crippen molar-refractivity contribution < 1.29 is 15.0 Å². The van der Waals surface area contributed by atoms with Gasteiger partial charge in [-0.2, -0.15) is 0 Å². The fourth-order valence-corrected chi connectivity index (χ4v) is 3.05. The van der Waals surface area contributed by atoms with Gasteiger partial charge in [-0.3, -0.25) is 9.78 Å². The number of aromatic nitrogens is 1.